The maximum atomic E-state index is 10.5. The summed E-state index contributed by atoms with van der Waals surface area (Å²) in [7, 11) is 0. The van der Waals surface area contributed by atoms with E-state index in [4.69, 9.17) is 11.6 Å². The van der Waals surface area contributed by atoms with E-state index >= 15 is 0 Å². The van der Waals surface area contributed by atoms with Crippen LogP contribution in [0.3, 0.4) is 0 Å². The summed E-state index contributed by atoms with van der Waals surface area (Å²) in [4.78, 5) is 0. The van der Waals surface area contributed by atoms with Gasteiger partial charge in [-0.1, -0.05) is 52.9 Å². The molecule has 0 atom stereocenters. The normalized spacial score (nSPS) is 20.2. The van der Waals surface area contributed by atoms with Crippen molar-refractivity contribution in [1.82, 2.24) is 0 Å². The van der Waals surface area contributed by atoms with Gasteiger partial charge >= 0.3 is 0 Å². The maximum Gasteiger partial charge on any atom is 0.0910 e. The molecular weight excluding hydrogens is 275 g/mol. The van der Waals surface area contributed by atoms with Crippen LogP contribution >= 0.6 is 27.5 Å². The zero-order chi connectivity index (χ0) is 10.9. The Morgan fingerprint density at radius 2 is 1.87 bits per heavy atom. The summed E-state index contributed by atoms with van der Waals surface area (Å²) in [5, 5.41) is 11.2. The third-order valence-electron chi connectivity index (χ3n) is 3.11. The van der Waals surface area contributed by atoms with E-state index in [0.29, 0.717) is 5.02 Å². The van der Waals surface area contributed by atoms with Crippen molar-refractivity contribution in [2.75, 3.05) is 0 Å². The molecule has 0 amide bonds. The summed E-state index contributed by atoms with van der Waals surface area (Å²) in [5.41, 5.74) is 0.183. The Labute approximate surface area is 104 Å². The van der Waals surface area contributed by atoms with Crippen LogP contribution in [0, 0.1) is 0 Å². The molecule has 1 saturated carbocycles. The lowest BCUT2D eigenvalue weighted by molar-refractivity contribution is -0.000533. The molecule has 1 aromatic rings. The van der Waals surface area contributed by atoms with Gasteiger partial charge in [0, 0.05) is 15.1 Å². The van der Waals surface area contributed by atoms with Crippen LogP contribution in [-0.4, -0.2) is 5.11 Å². The van der Waals surface area contributed by atoms with Crippen molar-refractivity contribution in [2.45, 2.75) is 37.7 Å². The minimum absolute atomic E-state index is 0.661. The minimum atomic E-state index is -0.698. The average Bonchev–Trinajstić information content (AvgIpc) is 2.18. The molecule has 0 saturated heterocycles. The van der Waals surface area contributed by atoms with E-state index in [0.717, 1.165) is 35.7 Å². The van der Waals surface area contributed by atoms with Crippen molar-refractivity contribution < 1.29 is 5.11 Å². The highest BCUT2D eigenvalue weighted by molar-refractivity contribution is 9.10. The van der Waals surface area contributed by atoms with Gasteiger partial charge in [0.2, 0.25) is 0 Å². The highest BCUT2D eigenvalue weighted by atomic mass is 79.9. The molecule has 1 aliphatic carbocycles. The van der Waals surface area contributed by atoms with E-state index < -0.39 is 5.60 Å². The fourth-order valence-electron chi connectivity index (χ4n) is 2.27. The number of rotatable bonds is 1. The third-order valence-corrected chi connectivity index (χ3v) is 3.92. The summed E-state index contributed by atoms with van der Waals surface area (Å²) in [5.74, 6) is 0. The largest absolute Gasteiger partial charge is 0.385 e. The van der Waals surface area contributed by atoms with Crippen molar-refractivity contribution in [2.24, 2.45) is 0 Å². The van der Waals surface area contributed by atoms with Crippen molar-refractivity contribution in [3.05, 3.63) is 33.3 Å². The van der Waals surface area contributed by atoms with E-state index in [2.05, 4.69) is 15.9 Å². The molecule has 1 fully saturated rings. The van der Waals surface area contributed by atoms with Crippen LogP contribution in [0.25, 0.3) is 0 Å². The van der Waals surface area contributed by atoms with Gasteiger partial charge in [0.1, 0.15) is 0 Å². The number of halogens is 2. The highest BCUT2D eigenvalue weighted by Crippen LogP contribution is 2.40. The van der Waals surface area contributed by atoms with Gasteiger partial charge in [-0.05, 0) is 25.0 Å². The van der Waals surface area contributed by atoms with Gasteiger partial charge in [0.25, 0.3) is 0 Å². The van der Waals surface area contributed by atoms with Crippen LogP contribution < -0.4 is 0 Å². The van der Waals surface area contributed by atoms with Crippen molar-refractivity contribution in [3.63, 3.8) is 0 Å². The smallest absolute Gasteiger partial charge is 0.0910 e. The number of hydrogen-bond acceptors (Lipinski definition) is 1. The number of hydrogen-bond donors (Lipinski definition) is 1. The second-order valence-corrected chi connectivity index (χ2v) is 5.54. The van der Waals surface area contributed by atoms with Crippen LogP contribution in [-0.2, 0) is 5.60 Å². The Balaban J connectivity index is 2.35. The fourth-order valence-corrected chi connectivity index (χ4v) is 3.12. The molecule has 1 aromatic carbocycles. The molecule has 1 N–H and O–H groups in total. The zero-order valence-electron chi connectivity index (χ0n) is 8.47. The molecule has 1 nitrogen and oxygen atoms in total. The summed E-state index contributed by atoms with van der Waals surface area (Å²) in [6.07, 6.45) is 5.05. The molecular formula is C12H14BrClO. The van der Waals surface area contributed by atoms with Gasteiger partial charge in [-0.25, -0.2) is 0 Å². The summed E-state index contributed by atoms with van der Waals surface area (Å²) in [6.45, 7) is 0. The lowest BCUT2D eigenvalue weighted by Gasteiger charge is -2.33. The average molecular weight is 290 g/mol. The minimum Gasteiger partial charge on any atom is -0.385 e. The lowest BCUT2D eigenvalue weighted by atomic mass is 9.80. The van der Waals surface area contributed by atoms with Crippen molar-refractivity contribution in [3.8, 4) is 0 Å². The van der Waals surface area contributed by atoms with Crippen LogP contribution in [0.15, 0.2) is 22.7 Å². The van der Waals surface area contributed by atoms with Crippen LogP contribution in [0.2, 0.25) is 5.02 Å². The molecule has 0 radical (unpaired) electrons. The Morgan fingerprint density at radius 1 is 1.20 bits per heavy atom. The second-order valence-electron chi connectivity index (χ2n) is 4.22. The zero-order valence-corrected chi connectivity index (χ0v) is 10.8. The van der Waals surface area contributed by atoms with Gasteiger partial charge in [-0.15, -0.1) is 0 Å². The van der Waals surface area contributed by atoms with E-state index in [1.54, 1.807) is 0 Å². The molecule has 0 bridgehead atoms. The Bertz CT molecular complexity index is 359. The third kappa shape index (κ3) is 2.38. The van der Waals surface area contributed by atoms with E-state index in [1.807, 2.05) is 18.2 Å². The first-order valence-electron chi connectivity index (χ1n) is 5.30. The molecule has 0 aliphatic heterocycles. The molecule has 0 spiro atoms. The number of benzene rings is 1. The Kier molecular flexibility index (Phi) is 3.39. The summed E-state index contributed by atoms with van der Waals surface area (Å²) >= 11 is 9.53. The molecule has 3 heteroatoms. The second kappa shape index (κ2) is 4.44. The van der Waals surface area contributed by atoms with E-state index in [1.165, 1.54) is 6.42 Å². The quantitative estimate of drug-likeness (QED) is 0.819. The molecule has 1 aliphatic rings. The predicted octanol–water partition coefficient (Wildman–Crippen LogP) is 4.25. The van der Waals surface area contributed by atoms with E-state index in [-0.39, 0.29) is 0 Å². The van der Waals surface area contributed by atoms with Crippen molar-refractivity contribution in [1.29, 1.82) is 0 Å². The van der Waals surface area contributed by atoms with Crippen LogP contribution in [0.1, 0.15) is 37.7 Å². The summed E-state index contributed by atoms with van der Waals surface area (Å²) < 4.78 is 0.954. The summed E-state index contributed by atoms with van der Waals surface area (Å²) in [6, 6.07) is 5.72. The monoisotopic (exact) mass is 288 g/mol. The first-order chi connectivity index (χ1) is 7.12. The van der Waals surface area contributed by atoms with Crippen LogP contribution in [0.5, 0.6) is 0 Å². The Morgan fingerprint density at radius 3 is 2.47 bits per heavy atom. The standard InChI is InChI=1S/C12H14BrClO/c13-9-4-5-10(11(14)8-9)12(15)6-2-1-3-7-12/h4-5,8,15H,1-3,6-7H2. The van der Waals surface area contributed by atoms with Gasteiger partial charge in [-0.3, -0.25) is 0 Å². The van der Waals surface area contributed by atoms with Gasteiger partial charge in [0.05, 0.1) is 5.60 Å². The Hall–Kier alpha value is -0.0500. The molecule has 0 aromatic heterocycles. The SMILES string of the molecule is OC1(c2ccc(Br)cc2Cl)CCCCC1. The van der Waals surface area contributed by atoms with Gasteiger partial charge < -0.3 is 5.11 Å². The molecule has 15 heavy (non-hydrogen) atoms. The number of aliphatic hydroxyl groups is 1. The first-order valence-corrected chi connectivity index (χ1v) is 6.47. The first kappa shape index (κ1) is 11.4. The molecule has 0 heterocycles. The van der Waals surface area contributed by atoms with Gasteiger partial charge in [-0.2, -0.15) is 0 Å². The predicted molar refractivity (Wildman–Crippen MR) is 66.1 cm³/mol. The van der Waals surface area contributed by atoms with E-state index in [9.17, 15) is 5.11 Å². The highest BCUT2D eigenvalue weighted by Gasteiger charge is 2.32. The maximum absolute atomic E-state index is 10.5. The molecule has 82 valence electrons. The molecule has 2 rings (SSSR count). The lowest BCUT2D eigenvalue weighted by Crippen LogP contribution is -2.28. The topological polar surface area (TPSA) is 20.2 Å². The fraction of sp³-hybridized carbons (Fsp3) is 0.500. The van der Waals surface area contributed by atoms with Crippen molar-refractivity contribution >= 4 is 27.5 Å². The van der Waals surface area contributed by atoms with Crippen LogP contribution in [0.4, 0.5) is 0 Å². The van der Waals surface area contributed by atoms with Gasteiger partial charge in [0.15, 0.2) is 0 Å². The molecule has 0 unspecified atom stereocenters.